The van der Waals surface area contributed by atoms with Crippen LogP contribution in [0, 0.1) is 5.82 Å². The van der Waals surface area contributed by atoms with Crippen molar-refractivity contribution >= 4 is 27.5 Å². The van der Waals surface area contributed by atoms with E-state index in [1.54, 1.807) is 36.3 Å². The fourth-order valence-electron chi connectivity index (χ4n) is 3.47. The number of amides is 1. The van der Waals surface area contributed by atoms with Gasteiger partial charge in [0.2, 0.25) is 0 Å². The van der Waals surface area contributed by atoms with E-state index in [-0.39, 0.29) is 17.8 Å². The average molecular weight is 416 g/mol. The summed E-state index contributed by atoms with van der Waals surface area (Å²) in [4.78, 5) is 19.2. The van der Waals surface area contributed by atoms with Crippen molar-refractivity contribution < 1.29 is 23.4 Å². The van der Waals surface area contributed by atoms with Crippen LogP contribution in [0.2, 0.25) is 0 Å². The molecule has 0 bridgehead atoms. The Morgan fingerprint density at radius 2 is 1.97 bits per heavy atom. The summed E-state index contributed by atoms with van der Waals surface area (Å²) in [6, 6.07) is 9.79. The van der Waals surface area contributed by atoms with Gasteiger partial charge in [-0.25, -0.2) is 9.37 Å². The third kappa shape index (κ3) is 3.98. The SMILES string of the molecule is COc1cccc(C(=O)N2CCC(Oc3nc4ccc(F)cc4s3)CC2)c1OC. The van der Waals surface area contributed by atoms with Gasteiger partial charge in [-0.2, -0.15) is 0 Å². The van der Waals surface area contributed by atoms with E-state index in [4.69, 9.17) is 14.2 Å². The smallest absolute Gasteiger partial charge is 0.274 e. The monoisotopic (exact) mass is 416 g/mol. The second kappa shape index (κ2) is 8.24. The third-order valence-electron chi connectivity index (χ3n) is 4.96. The fraction of sp³-hybridized carbons (Fsp3) is 0.333. The lowest BCUT2D eigenvalue weighted by molar-refractivity contribution is 0.0592. The molecule has 1 aliphatic rings. The van der Waals surface area contributed by atoms with Gasteiger partial charge in [-0.3, -0.25) is 4.79 Å². The molecular formula is C21H21FN2O4S. The zero-order valence-electron chi connectivity index (χ0n) is 16.2. The number of thiazole rings is 1. The molecule has 0 atom stereocenters. The van der Waals surface area contributed by atoms with Crippen LogP contribution in [0.25, 0.3) is 10.2 Å². The molecule has 0 spiro atoms. The van der Waals surface area contributed by atoms with Gasteiger partial charge in [0, 0.05) is 25.9 Å². The molecule has 3 aromatic rings. The second-order valence-corrected chi connectivity index (χ2v) is 7.74. The number of benzene rings is 2. The van der Waals surface area contributed by atoms with Crippen LogP contribution in [0.4, 0.5) is 4.39 Å². The number of ether oxygens (including phenoxy) is 3. The molecule has 2 heterocycles. The minimum atomic E-state index is -0.285. The molecule has 1 amide bonds. The summed E-state index contributed by atoms with van der Waals surface area (Å²) >= 11 is 1.33. The maximum absolute atomic E-state index is 13.3. The number of methoxy groups -OCH3 is 2. The van der Waals surface area contributed by atoms with Crippen molar-refractivity contribution in [3.05, 3.63) is 47.8 Å². The van der Waals surface area contributed by atoms with Gasteiger partial charge in [-0.1, -0.05) is 17.4 Å². The van der Waals surface area contributed by atoms with Crippen LogP contribution in [0.3, 0.4) is 0 Å². The van der Waals surface area contributed by atoms with Crippen LogP contribution >= 0.6 is 11.3 Å². The minimum Gasteiger partial charge on any atom is -0.493 e. The summed E-state index contributed by atoms with van der Waals surface area (Å²) in [7, 11) is 3.07. The molecule has 4 rings (SSSR count). The van der Waals surface area contributed by atoms with Crippen molar-refractivity contribution in [3.63, 3.8) is 0 Å². The number of rotatable bonds is 5. The van der Waals surface area contributed by atoms with E-state index in [0.29, 0.717) is 48.2 Å². The highest BCUT2D eigenvalue weighted by atomic mass is 32.1. The number of fused-ring (bicyclic) bond motifs is 1. The average Bonchev–Trinajstić information content (AvgIpc) is 3.14. The lowest BCUT2D eigenvalue weighted by Gasteiger charge is -2.32. The number of likely N-dealkylation sites (tertiary alicyclic amines) is 1. The minimum absolute atomic E-state index is 0.0309. The number of para-hydroxylation sites is 1. The van der Waals surface area contributed by atoms with Crippen molar-refractivity contribution in [3.8, 4) is 16.7 Å². The van der Waals surface area contributed by atoms with E-state index in [9.17, 15) is 9.18 Å². The summed E-state index contributed by atoms with van der Waals surface area (Å²) in [5.41, 5.74) is 1.21. The van der Waals surface area contributed by atoms with E-state index >= 15 is 0 Å². The van der Waals surface area contributed by atoms with E-state index < -0.39 is 0 Å². The van der Waals surface area contributed by atoms with Crippen LogP contribution in [-0.2, 0) is 0 Å². The standard InChI is InChI=1S/C21H21FN2O4S/c1-26-17-5-3-4-15(19(17)27-2)20(25)24-10-8-14(9-11-24)28-21-23-16-7-6-13(22)12-18(16)29-21/h3-7,12,14H,8-11H2,1-2H3. The Morgan fingerprint density at radius 1 is 1.17 bits per heavy atom. The number of hydrogen-bond acceptors (Lipinski definition) is 6. The van der Waals surface area contributed by atoms with Crippen LogP contribution in [-0.4, -0.2) is 49.2 Å². The number of hydrogen-bond donors (Lipinski definition) is 0. The summed E-state index contributed by atoms with van der Waals surface area (Å²) in [5.74, 6) is 0.603. The summed E-state index contributed by atoms with van der Waals surface area (Å²) in [6.07, 6.45) is 1.36. The highest BCUT2D eigenvalue weighted by Gasteiger charge is 2.28. The summed E-state index contributed by atoms with van der Waals surface area (Å²) < 4.78 is 30.8. The maximum atomic E-state index is 13.3. The first-order chi connectivity index (χ1) is 14.1. The zero-order chi connectivity index (χ0) is 20.4. The number of piperidine rings is 1. The van der Waals surface area contributed by atoms with Crippen molar-refractivity contribution in [2.45, 2.75) is 18.9 Å². The predicted octanol–water partition coefficient (Wildman–Crippen LogP) is 4.14. The van der Waals surface area contributed by atoms with E-state index in [2.05, 4.69) is 4.98 Å². The number of halogens is 1. The molecule has 0 N–H and O–H groups in total. The second-order valence-electron chi connectivity index (χ2n) is 6.74. The normalized spacial score (nSPS) is 14.8. The number of aromatic nitrogens is 1. The van der Waals surface area contributed by atoms with E-state index in [1.807, 2.05) is 0 Å². The highest BCUT2D eigenvalue weighted by Crippen LogP contribution is 2.33. The molecule has 1 aliphatic heterocycles. The lowest BCUT2D eigenvalue weighted by atomic mass is 10.1. The van der Waals surface area contributed by atoms with Gasteiger partial charge in [0.15, 0.2) is 11.5 Å². The van der Waals surface area contributed by atoms with Crippen LogP contribution in [0.1, 0.15) is 23.2 Å². The van der Waals surface area contributed by atoms with Gasteiger partial charge < -0.3 is 19.1 Å². The predicted molar refractivity (Wildman–Crippen MR) is 109 cm³/mol. The fourth-order valence-corrected chi connectivity index (χ4v) is 4.38. The molecule has 1 aromatic heterocycles. The molecule has 8 heteroatoms. The van der Waals surface area contributed by atoms with E-state index in [1.165, 1.54) is 30.6 Å². The Morgan fingerprint density at radius 3 is 2.69 bits per heavy atom. The quantitative estimate of drug-likeness (QED) is 0.626. The molecule has 1 saturated heterocycles. The van der Waals surface area contributed by atoms with Crippen molar-refractivity contribution in [1.29, 1.82) is 0 Å². The molecule has 0 saturated carbocycles. The van der Waals surface area contributed by atoms with Gasteiger partial charge in [-0.05, 0) is 30.3 Å². The maximum Gasteiger partial charge on any atom is 0.274 e. The van der Waals surface area contributed by atoms with Gasteiger partial charge >= 0.3 is 0 Å². The Bertz CT molecular complexity index is 1030. The van der Waals surface area contributed by atoms with Crippen molar-refractivity contribution in [1.82, 2.24) is 9.88 Å². The zero-order valence-corrected chi connectivity index (χ0v) is 17.0. The molecule has 0 unspecified atom stereocenters. The number of carbonyl (C=O) groups excluding carboxylic acids is 1. The number of carbonyl (C=O) groups is 1. The van der Waals surface area contributed by atoms with Gasteiger partial charge in [0.25, 0.3) is 11.1 Å². The number of nitrogens with zero attached hydrogens (tertiary/aromatic N) is 2. The summed E-state index contributed by atoms with van der Waals surface area (Å²) in [5, 5.41) is 0.532. The topological polar surface area (TPSA) is 60.9 Å². The molecule has 152 valence electrons. The summed E-state index contributed by atoms with van der Waals surface area (Å²) in [6.45, 7) is 1.15. The molecule has 2 aromatic carbocycles. The Labute approximate surface area is 171 Å². The molecular weight excluding hydrogens is 395 g/mol. The molecule has 6 nitrogen and oxygen atoms in total. The molecule has 1 fully saturated rings. The highest BCUT2D eigenvalue weighted by molar-refractivity contribution is 7.20. The van der Waals surface area contributed by atoms with E-state index in [0.717, 1.165) is 10.2 Å². The van der Waals surface area contributed by atoms with Gasteiger partial charge in [0.05, 0.1) is 30.0 Å². The Hall–Kier alpha value is -2.87. The first kappa shape index (κ1) is 19.4. The first-order valence-electron chi connectivity index (χ1n) is 9.32. The van der Waals surface area contributed by atoms with Gasteiger partial charge in [-0.15, -0.1) is 0 Å². The third-order valence-corrected chi connectivity index (χ3v) is 5.87. The lowest BCUT2D eigenvalue weighted by Crippen LogP contribution is -2.41. The largest absolute Gasteiger partial charge is 0.493 e. The van der Waals surface area contributed by atoms with Gasteiger partial charge in [0.1, 0.15) is 11.9 Å². The Balaban J connectivity index is 1.40. The molecule has 0 aliphatic carbocycles. The first-order valence-corrected chi connectivity index (χ1v) is 10.1. The Kier molecular flexibility index (Phi) is 5.53. The van der Waals surface area contributed by atoms with Crippen molar-refractivity contribution in [2.75, 3.05) is 27.3 Å². The van der Waals surface area contributed by atoms with Crippen LogP contribution in [0.5, 0.6) is 16.7 Å². The van der Waals surface area contributed by atoms with Crippen molar-refractivity contribution in [2.24, 2.45) is 0 Å². The molecule has 29 heavy (non-hydrogen) atoms. The van der Waals surface area contributed by atoms with Crippen LogP contribution in [0.15, 0.2) is 36.4 Å². The molecule has 0 radical (unpaired) electrons. The van der Waals surface area contributed by atoms with Crippen LogP contribution < -0.4 is 14.2 Å².